The van der Waals surface area contributed by atoms with Crippen molar-refractivity contribution >= 4 is 10.9 Å². The summed E-state index contributed by atoms with van der Waals surface area (Å²) in [5.74, 6) is 2.34. The van der Waals surface area contributed by atoms with Gasteiger partial charge in [0.05, 0.1) is 17.0 Å². The standard InChI is InChI=1S/C25H31N3O3/c1-16(2)31-23-8-6-5-7-22(23)30-12-10-26-17(3)13-19-14-20-9-11-28-18(4)27-25(29)21(15-19)24(20)28/h5-8,14-17,26H,9-13H2,1-4H3. The van der Waals surface area contributed by atoms with Gasteiger partial charge in [-0.05, 0) is 69.9 Å². The second-order valence-corrected chi connectivity index (χ2v) is 8.54. The van der Waals surface area contributed by atoms with E-state index in [1.54, 1.807) is 0 Å². The van der Waals surface area contributed by atoms with E-state index in [0.717, 1.165) is 54.2 Å². The number of aryl methyl sites for hydroxylation is 3. The van der Waals surface area contributed by atoms with Crippen molar-refractivity contribution < 1.29 is 9.47 Å². The van der Waals surface area contributed by atoms with Crippen LogP contribution in [0.15, 0.2) is 41.2 Å². The van der Waals surface area contributed by atoms with Crippen molar-refractivity contribution in [2.75, 3.05) is 13.2 Å². The lowest BCUT2D eigenvalue weighted by atomic mass is 10.0. The molecule has 1 N–H and O–H groups in total. The summed E-state index contributed by atoms with van der Waals surface area (Å²) in [5, 5.41) is 4.26. The molecular formula is C25H31N3O3. The van der Waals surface area contributed by atoms with Crippen LogP contribution >= 0.6 is 0 Å². The number of nitrogens with one attached hydrogen (secondary N) is 1. The molecular weight excluding hydrogens is 390 g/mol. The van der Waals surface area contributed by atoms with Crippen LogP contribution in [0.4, 0.5) is 0 Å². The number of hydrogen-bond acceptors (Lipinski definition) is 5. The van der Waals surface area contributed by atoms with Crippen LogP contribution in [0, 0.1) is 6.92 Å². The lowest BCUT2D eigenvalue weighted by molar-refractivity contribution is 0.220. The van der Waals surface area contributed by atoms with E-state index in [-0.39, 0.29) is 17.7 Å². The molecule has 1 aromatic heterocycles. The smallest absolute Gasteiger partial charge is 0.280 e. The van der Waals surface area contributed by atoms with Gasteiger partial charge >= 0.3 is 0 Å². The SMILES string of the molecule is Cc1nc(=O)c2cc(CC(C)NCCOc3ccccc3OC(C)C)cc3c2n1CC3. The first-order valence-corrected chi connectivity index (χ1v) is 11.1. The number of para-hydroxylation sites is 2. The zero-order chi connectivity index (χ0) is 22.0. The Kier molecular flexibility index (Phi) is 6.28. The highest BCUT2D eigenvalue weighted by atomic mass is 16.5. The van der Waals surface area contributed by atoms with Gasteiger partial charge in [-0.25, -0.2) is 0 Å². The Balaban J connectivity index is 1.35. The molecule has 6 nitrogen and oxygen atoms in total. The fourth-order valence-electron chi connectivity index (χ4n) is 4.30. The van der Waals surface area contributed by atoms with Gasteiger partial charge in [-0.3, -0.25) is 4.79 Å². The molecule has 2 heterocycles. The Morgan fingerprint density at radius 1 is 1.16 bits per heavy atom. The molecule has 2 aromatic carbocycles. The predicted molar refractivity (Wildman–Crippen MR) is 123 cm³/mol. The molecule has 164 valence electrons. The molecule has 1 unspecified atom stereocenters. The first-order valence-electron chi connectivity index (χ1n) is 11.1. The number of ether oxygens (including phenoxy) is 2. The van der Waals surface area contributed by atoms with Gasteiger partial charge in [0.2, 0.25) is 0 Å². The van der Waals surface area contributed by atoms with Crippen molar-refractivity contribution in [2.24, 2.45) is 0 Å². The van der Waals surface area contributed by atoms with Crippen LogP contribution in [-0.2, 0) is 19.4 Å². The molecule has 0 aliphatic carbocycles. The van der Waals surface area contributed by atoms with E-state index < -0.39 is 0 Å². The Hall–Kier alpha value is -2.86. The van der Waals surface area contributed by atoms with Crippen LogP contribution in [0.3, 0.4) is 0 Å². The van der Waals surface area contributed by atoms with Crippen LogP contribution in [0.25, 0.3) is 10.9 Å². The molecule has 1 atom stereocenters. The highest BCUT2D eigenvalue weighted by molar-refractivity contribution is 5.83. The highest BCUT2D eigenvalue weighted by Gasteiger charge is 2.19. The molecule has 1 aliphatic heterocycles. The quantitative estimate of drug-likeness (QED) is 0.535. The lowest BCUT2D eigenvalue weighted by Gasteiger charge is -2.17. The number of benzene rings is 2. The van der Waals surface area contributed by atoms with Crippen molar-refractivity contribution in [3.63, 3.8) is 0 Å². The third-order valence-corrected chi connectivity index (χ3v) is 5.61. The maximum absolute atomic E-state index is 12.4. The lowest BCUT2D eigenvalue weighted by Crippen LogP contribution is -2.32. The van der Waals surface area contributed by atoms with E-state index in [4.69, 9.17) is 9.47 Å². The average molecular weight is 422 g/mol. The predicted octanol–water partition coefficient (Wildman–Crippen LogP) is 3.65. The third kappa shape index (κ3) is 4.74. The number of aromatic nitrogens is 2. The Morgan fingerprint density at radius 2 is 1.94 bits per heavy atom. The fraction of sp³-hybridized carbons (Fsp3) is 0.440. The minimum atomic E-state index is -0.120. The second kappa shape index (κ2) is 9.10. The summed E-state index contributed by atoms with van der Waals surface area (Å²) < 4.78 is 13.9. The van der Waals surface area contributed by atoms with E-state index >= 15 is 0 Å². The first-order chi connectivity index (χ1) is 14.9. The largest absolute Gasteiger partial charge is 0.488 e. The monoisotopic (exact) mass is 421 g/mol. The highest BCUT2D eigenvalue weighted by Crippen LogP contribution is 2.28. The van der Waals surface area contributed by atoms with Crippen molar-refractivity contribution in [1.29, 1.82) is 0 Å². The van der Waals surface area contributed by atoms with Gasteiger partial charge in [0.15, 0.2) is 11.5 Å². The molecule has 1 aliphatic rings. The average Bonchev–Trinajstić information content (AvgIpc) is 3.15. The molecule has 0 spiro atoms. The molecule has 3 aromatic rings. The third-order valence-electron chi connectivity index (χ3n) is 5.61. The molecule has 0 fully saturated rings. The summed E-state index contributed by atoms with van der Waals surface area (Å²) in [6, 6.07) is 12.3. The van der Waals surface area contributed by atoms with Crippen LogP contribution in [0.5, 0.6) is 11.5 Å². The van der Waals surface area contributed by atoms with Gasteiger partial charge in [-0.1, -0.05) is 18.2 Å². The van der Waals surface area contributed by atoms with E-state index in [1.807, 2.05) is 51.1 Å². The minimum absolute atomic E-state index is 0.106. The molecule has 0 saturated heterocycles. The maximum atomic E-state index is 12.4. The van der Waals surface area contributed by atoms with Gasteiger partial charge in [-0.2, -0.15) is 4.98 Å². The van der Waals surface area contributed by atoms with Crippen molar-refractivity contribution in [2.45, 2.75) is 59.2 Å². The van der Waals surface area contributed by atoms with Gasteiger partial charge < -0.3 is 19.4 Å². The summed E-state index contributed by atoms with van der Waals surface area (Å²) in [4.78, 5) is 16.6. The molecule has 31 heavy (non-hydrogen) atoms. The molecule has 0 radical (unpaired) electrons. The summed E-state index contributed by atoms with van der Waals surface area (Å²) in [5.41, 5.74) is 3.38. The number of rotatable bonds is 9. The normalized spacial score (nSPS) is 13.7. The summed E-state index contributed by atoms with van der Waals surface area (Å²) >= 11 is 0. The van der Waals surface area contributed by atoms with Gasteiger partial charge in [0.25, 0.3) is 5.56 Å². The first kappa shape index (κ1) is 21.4. The van der Waals surface area contributed by atoms with Crippen LogP contribution in [0.2, 0.25) is 0 Å². The van der Waals surface area contributed by atoms with Gasteiger partial charge in [-0.15, -0.1) is 0 Å². The number of hydrogen-bond donors (Lipinski definition) is 1. The zero-order valence-corrected chi connectivity index (χ0v) is 18.8. The Bertz CT molecular complexity index is 1140. The van der Waals surface area contributed by atoms with Crippen molar-refractivity contribution in [3.05, 3.63) is 63.7 Å². The van der Waals surface area contributed by atoms with Crippen LogP contribution < -0.4 is 20.3 Å². The number of nitrogens with zero attached hydrogens (tertiary/aromatic N) is 2. The maximum Gasteiger partial charge on any atom is 0.280 e. The molecule has 0 amide bonds. The minimum Gasteiger partial charge on any atom is -0.488 e. The Morgan fingerprint density at radius 3 is 2.71 bits per heavy atom. The van der Waals surface area contributed by atoms with Crippen molar-refractivity contribution in [1.82, 2.24) is 14.9 Å². The van der Waals surface area contributed by atoms with Crippen molar-refractivity contribution in [3.8, 4) is 11.5 Å². The van der Waals surface area contributed by atoms with Crippen LogP contribution in [0.1, 0.15) is 37.7 Å². The van der Waals surface area contributed by atoms with Gasteiger partial charge in [0.1, 0.15) is 12.4 Å². The van der Waals surface area contributed by atoms with E-state index in [0.29, 0.717) is 6.61 Å². The van der Waals surface area contributed by atoms with Crippen LogP contribution in [-0.4, -0.2) is 34.8 Å². The van der Waals surface area contributed by atoms with E-state index in [2.05, 4.69) is 27.9 Å². The second-order valence-electron chi connectivity index (χ2n) is 8.54. The fourth-order valence-corrected chi connectivity index (χ4v) is 4.30. The topological polar surface area (TPSA) is 65.4 Å². The molecule has 6 heteroatoms. The molecule has 4 rings (SSSR count). The summed E-state index contributed by atoms with van der Waals surface area (Å²) in [6.45, 7) is 10.3. The summed E-state index contributed by atoms with van der Waals surface area (Å²) in [6.07, 6.45) is 1.92. The summed E-state index contributed by atoms with van der Waals surface area (Å²) in [7, 11) is 0. The molecule has 0 saturated carbocycles. The van der Waals surface area contributed by atoms with Gasteiger partial charge in [0, 0.05) is 19.1 Å². The molecule has 0 bridgehead atoms. The van der Waals surface area contributed by atoms with E-state index in [1.165, 1.54) is 11.1 Å². The van der Waals surface area contributed by atoms with E-state index in [9.17, 15) is 4.79 Å². The zero-order valence-electron chi connectivity index (χ0n) is 18.8. The Labute approximate surface area is 183 Å².